The van der Waals surface area contributed by atoms with Crippen LogP contribution >= 0.6 is 11.3 Å². The van der Waals surface area contributed by atoms with Crippen molar-refractivity contribution in [3.63, 3.8) is 0 Å². The molecule has 1 amide bonds. The molecule has 2 aliphatic heterocycles. The van der Waals surface area contributed by atoms with E-state index in [0.29, 0.717) is 18.1 Å². The van der Waals surface area contributed by atoms with Crippen molar-refractivity contribution in [1.29, 1.82) is 0 Å². The third-order valence-electron chi connectivity index (χ3n) is 5.55. The normalized spacial score (nSPS) is 18.2. The van der Waals surface area contributed by atoms with E-state index in [1.54, 1.807) is 17.5 Å². The number of aryl methyl sites for hydroxylation is 1. The van der Waals surface area contributed by atoms with Gasteiger partial charge in [0.25, 0.3) is 5.91 Å². The second-order valence-electron chi connectivity index (χ2n) is 7.54. The molecule has 5 rings (SSSR count). The highest BCUT2D eigenvalue weighted by molar-refractivity contribution is 7.14. The maximum atomic E-state index is 13.6. The van der Waals surface area contributed by atoms with E-state index in [0.717, 1.165) is 53.0 Å². The number of nitrogens with one attached hydrogen (secondary N) is 1. The van der Waals surface area contributed by atoms with E-state index in [4.69, 9.17) is 4.98 Å². The van der Waals surface area contributed by atoms with Crippen molar-refractivity contribution in [1.82, 2.24) is 20.2 Å². The minimum absolute atomic E-state index is 0.0620. The fraction of sp³-hybridized carbons (Fsp3) is 0.381. The van der Waals surface area contributed by atoms with Gasteiger partial charge in [-0.3, -0.25) is 4.79 Å². The van der Waals surface area contributed by atoms with Crippen LogP contribution in [0.1, 0.15) is 35.1 Å². The van der Waals surface area contributed by atoms with Gasteiger partial charge in [0.1, 0.15) is 21.4 Å². The van der Waals surface area contributed by atoms with Crippen LogP contribution < -0.4 is 15.1 Å². The van der Waals surface area contributed by atoms with Gasteiger partial charge in [-0.2, -0.15) is 4.98 Å². The lowest BCUT2D eigenvalue weighted by Gasteiger charge is -2.27. The van der Waals surface area contributed by atoms with E-state index >= 15 is 0 Å². The SMILES string of the molecule is CCNc1ncc2c(n1)N1CCC[C@H]1CN(c1cccc(-c3nnc(C)s3)c1)C2=O. The Balaban J connectivity index is 1.56. The number of carbonyl (C=O) groups is 1. The van der Waals surface area contributed by atoms with Crippen LogP contribution in [0.3, 0.4) is 0 Å². The molecule has 0 saturated carbocycles. The Morgan fingerprint density at radius 2 is 2.20 bits per heavy atom. The summed E-state index contributed by atoms with van der Waals surface area (Å²) in [5.74, 6) is 1.25. The molecule has 0 spiro atoms. The van der Waals surface area contributed by atoms with Crippen molar-refractivity contribution in [2.45, 2.75) is 32.7 Å². The van der Waals surface area contributed by atoms with Crippen molar-refractivity contribution in [2.75, 3.05) is 34.8 Å². The molecule has 30 heavy (non-hydrogen) atoms. The number of hydrogen-bond acceptors (Lipinski definition) is 8. The predicted octanol–water partition coefficient (Wildman–Crippen LogP) is 3.36. The molecule has 1 atom stereocenters. The van der Waals surface area contributed by atoms with Gasteiger partial charge >= 0.3 is 0 Å². The largest absolute Gasteiger partial charge is 0.354 e. The van der Waals surface area contributed by atoms with Crippen LogP contribution in [0.25, 0.3) is 10.6 Å². The van der Waals surface area contributed by atoms with E-state index < -0.39 is 0 Å². The fourth-order valence-electron chi connectivity index (χ4n) is 4.17. The van der Waals surface area contributed by atoms with Crippen LogP contribution in [-0.4, -0.2) is 51.7 Å². The Hall–Kier alpha value is -3.07. The summed E-state index contributed by atoms with van der Waals surface area (Å²) in [7, 11) is 0. The van der Waals surface area contributed by atoms with Gasteiger partial charge in [0.15, 0.2) is 0 Å². The maximum Gasteiger partial charge on any atom is 0.263 e. The summed E-state index contributed by atoms with van der Waals surface area (Å²) in [5, 5.41) is 13.3. The van der Waals surface area contributed by atoms with Crippen molar-refractivity contribution >= 4 is 34.7 Å². The zero-order valence-corrected chi connectivity index (χ0v) is 17.8. The van der Waals surface area contributed by atoms with Crippen LogP contribution in [0.4, 0.5) is 17.5 Å². The molecule has 1 N–H and O–H groups in total. The Bertz CT molecular complexity index is 1100. The van der Waals surface area contributed by atoms with Crippen LogP contribution in [0.15, 0.2) is 30.5 Å². The summed E-state index contributed by atoms with van der Waals surface area (Å²) in [6.45, 7) is 6.22. The van der Waals surface area contributed by atoms with Crippen molar-refractivity contribution < 1.29 is 4.79 Å². The molecule has 4 heterocycles. The fourth-order valence-corrected chi connectivity index (χ4v) is 4.86. The number of rotatable bonds is 4. The smallest absolute Gasteiger partial charge is 0.263 e. The quantitative estimate of drug-likeness (QED) is 0.691. The summed E-state index contributed by atoms with van der Waals surface area (Å²) in [6, 6.07) is 8.22. The van der Waals surface area contributed by atoms with Crippen molar-refractivity contribution in [3.8, 4) is 10.6 Å². The number of aromatic nitrogens is 4. The minimum Gasteiger partial charge on any atom is -0.354 e. The molecule has 1 fully saturated rings. The molecule has 0 radical (unpaired) electrons. The molecular weight excluding hydrogens is 398 g/mol. The molecule has 9 heteroatoms. The van der Waals surface area contributed by atoms with Crippen molar-refractivity contribution in [3.05, 3.63) is 41.0 Å². The number of fused-ring (bicyclic) bond motifs is 3. The monoisotopic (exact) mass is 421 g/mol. The van der Waals surface area contributed by atoms with Gasteiger partial charge in [0.05, 0.1) is 0 Å². The Labute approximate surface area is 179 Å². The van der Waals surface area contributed by atoms with Gasteiger partial charge in [-0.05, 0) is 38.8 Å². The number of hydrogen-bond donors (Lipinski definition) is 1. The van der Waals surface area contributed by atoms with Crippen LogP contribution in [0.2, 0.25) is 0 Å². The first-order valence-corrected chi connectivity index (χ1v) is 11.1. The summed E-state index contributed by atoms with van der Waals surface area (Å²) in [5.41, 5.74) is 2.39. The second-order valence-corrected chi connectivity index (χ2v) is 8.72. The standard InChI is InChI=1S/C21H23N7OS/c1-3-22-21-23-11-17-18(24-21)27-9-5-8-16(27)12-28(20(17)29)15-7-4-6-14(10-15)19-26-25-13(2)30-19/h4,6-7,10-11,16H,3,5,8-9,12H2,1-2H3,(H,22,23,24)/t16-/m0/s1. The van der Waals surface area contributed by atoms with E-state index in [9.17, 15) is 4.79 Å². The second kappa shape index (κ2) is 7.64. The lowest BCUT2D eigenvalue weighted by molar-refractivity contribution is 0.0988. The highest BCUT2D eigenvalue weighted by atomic mass is 32.1. The van der Waals surface area contributed by atoms with E-state index in [-0.39, 0.29) is 11.9 Å². The molecule has 0 aliphatic carbocycles. The molecule has 0 unspecified atom stereocenters. The van der Waals surface area contributed by atoms with E-state index in [1.807, 2.05) is 43.0 Å². The molecular formula is C21H23N7OS. The first-order chi connectivity index (χ1) is 14.6. The van der Waals surface area contributed by atoms with Gasteiger partial charge in [0.2, 0.25) is 5.95 Å². The third kappa shape index (κ3) is 3.28. The number of benzene rings is 1. The maximum absolute atomic E-state index is 13.6. The highest BCUT2D eigenvalue weighted by Gasteiger charge is 2.37. The summed E-state index contributed by atoms with van der Waals surface area (Å²) >= 11 is 1.55. The summed E-state index contributed by atoms with van der Waals surface area (Å²) in [6.07, 6.45) is 3.80. The first-order valence-electron chi connectivity index (χ1n) is 10.2. The molecule has 8 nitrogen and oxygen atoms in total. The molecule has 2 aromatic heterocycles. The Morgan fingerprint density at radius 3 is 3.00 bits per heavy atom. The minimum atomic E-state index is -0.0620. The first kappa shape index (κ1) is 18.9. The molecule has 2 aliphatic rings. The number of anilines is 3. The van der Waals surface area contributed by atoms with Crippen molar-refractivity contribution in [2.24, 2.45) is 0 Å². The molecule has 1 aromatic carbocycles. The lowest BCUT2D eigenvalue weighted by atomic mass is 10.1. The average molecular weight is 422 g/mol. The van der Waals surface area contributed by atoms with Gasteiger partial charge in [-0.1, -0.05) is 23.5 Å². The van der Waals surface area contributed by atoms with E-state index in [1.165, 1.54) is 0 Å². The summed E-state index contributed by atoms with van der Waals surface area (Å²) < 4.78 is 0. The van der Waals surface area contributed by atoms with E-state index in [2.05, 4.69) is 25.4 Å². The molecule has 154 valence electrons. The van der Waals surface area contributed by atoms with Gasteiger partial charge in [-0.15, -0.1) is 10.2 Å². The van der Waals surface area contributed by atoms with Crippen LogP contribution in [0, 0.1) is 6.92 Å². The Morgan fingerprint density at radius 1 is 1.30 bits per heavy atom. The summed E-state index contributed by atoms with van der Waals surface area (Å²) in [4.78, 5) is 26.8. The molecule has 0 bridgehead atoms. The Kier molecular flexibility index (Phi) is 4.82. The predicted molar refractivity (Wildman–Crippen MR) is 118 cm³/mol. The highest BCUT2D eigenvalue weighted by Crippen LogP contribution is 2.35. The molecule has 3 aromatic rings. The molecule has 1 saturated heterocycles. The number of nitrogens with zero attached hydrogens (tertiary/aromatic N) is 6. The zero-order valence-electron chi connectivity index (χ0n) is 17.0. The third-order valence-corrected chi connectivity index (χ3v) is 6.44. The number of amides is 1. The number of carbonyl (C=O) groups excluding carboxylic acids is 1. The van der Waals surface area contributed by atoms with Crippen LogP contribution in [-0.2, 0) is 0 Å². The van der Waals surface area contributed by atoms with Gasteiger partial charge in [-0.25, -0.2) is 4.98 Å². The van der Waals surface area contributed by atoms with Crippen LogP contribution in [0.5, 0.6) is 0 Å². The van der Waals surface area contributed by atoms with Gasteiger partial charge < -0.3 is 15.1 Å². The van der Waals surface area contributed by atoms with Gasteiger partial charge in [0, 0.05) is 43.1 Å². The average Bonchev–Trinajstić information content (AvgIpc) is 3.38. The zero-order chi connectivity index (χ0) is 20.7. The topological polar surface area (TPSA) is 87.1 Å². The lowest BCUT2D eigenvalue weighted by Crippen LogP contribution is -2.39.